The summed E-state index contributed by atoms with van der Waals surface area (Å²) in [5.41, 5.74) is 1.33. The number of nitrogens with zero attached hydrogens (tertiary/aromatic N) is 5. The van der Waals surface area contributed by atoms with Gasteiger partial charge in [0.2, 0.25) is 5.82 Å². The second-order valence-electron chi connectivity index (χ2n) is 6.95. The molecular weight excluding hydrogens is 373 g/mol. The number of carbonyl (C=O) groups excluding carboxylic acids is 1. The molecule has 1 amide bonds. The van der Waals surface area contributed by atoms with Crippen molar-refractivity contribution >= 4 is 11.6 Å². The highest BCUT2D eigenvalue weighted by atomic mass is 19.1. The first-order chi connectivity index (χ1) is 14.1. The maximum absolute atomic E-state index is 14.0. The van der Waals surface area contributed by atoms with Gasteiger partial charge < -0.3 is 14.9 Å². The summed E-state index contributed by atoms with van der Waals surface area (Å²) >= 11 is 0. The lowest BCUT2D eigenvalue weighted by Crippen LogP contribution is -2.49. The first kappa shape index (κ1) is 19.1. The number of rotatable bonds is 5. The molecule has 8 heteroatoms. The number of hydrogen-bond donors (Lipinski definition) is 1. The second kappa shape index (κ2) is 8.40. The fraction of sp³-hybridized carbons (Fsp3) is 0.286. The lowest BCUT2D eigenvalue weighted by molar-refractivity contribution is 0.0732. The van der Waals surface area contributed by atoms with E-state index in [9.17, 15) is 14.3 Å². The third kappa shape index (κ3) is 4.27. The summed E-state index contributed by atoms with van der Waals surface area (Å²) in [5, 5.41) is 14.5. The second-order valence-corrected chi connectivity index (χ2v) is 6.95. The molecular formula is C21H22FN5O2. The van der Waals surface area contributed by atoms with Crippen LogP contribution in [0, 0.1) is 5.82 Å². The van der Waals surface area contributed by atoms with Gasteiger partial charge in [0.15, 0.2) is 0 Å². The number of aromatic nitrogens is 3. The van der Waals surface area contributed by atoms with E-state index in [0.717, 1.165) is 5.56 Å². The van der Waals surface area contributed by atoms with E-state index in [-0.39, 0.29) is 24.1 Å². The SMILES string of the molecule is O=C(c1ncn(C[C@H](O)c2ccccc2)n1)N1CCN(c2ccccc2F)CC1. The highest BCUT2D eigenvalue weighted by Gasteiger charge is 2.26. The van der Waals surface area contributed by atoms with Gasteiger partial charge in [-0.05, 0) is 17.7 Å². The van der Waals surface area contributed by atoms with Crippen LogP contribution in [-0.2, 0) is 6.54 Å². The van der Waals surface area contributed by atoms with E-state index in [1.54, 1.807) is 23.1 Å². The number of benzene rings is 2. The summed E-state index contributed by atoms with van der Waals surface area (Å²) in [7, 11) is 0. The van der Waals surface area contributed by atoms with E-state index in [4.69, 9.17) is 0 Å². The van der Waals surface area contributed by atoms with E-state index in [1.807, 2.05) is 35.2 Å². The zero-order valence-corrected chi connectivity index (χ0v) is 15.9. The molecule has 0 radical (unpaired) electrons. The summed E-state index contributed by atoms with van der Waals surface area (Å²) in [4.78, 5) is 20.4. The van der Waals surface area contributed by atoms with Crippen molar-refractivity contribution in [2.45, 2.75) is 12.6 Å². The molecule has 1 saturated heterocycles. The number of hydrogen-bond acceptors (Lipinski definition) is 5. The monoisotopic (exact) mass is 395 g/mol. The highest BCUT2D eigenvalue weighted by Crippen LogP contribution is 2.20. The minimum Gasteiger partial charge on any atom is -0.386 e. The highest BCUT2D eigenvalue weighted by molar-refractivity contribution is 5.90. The van der Waals surface area contributed by atoms with Gasteiger partial charge in [0, 0.05) is 26.2 Å². The van der Waals surface area contributed by atoms with E-state index in [0.29, 0.717) is 31.9 Å². The molecule has 1 aliphatic rings. The fourth-order valence-electron chi connectivity index (χ4n) is 3.44. The van der Waals surface area contributed by atoms with Crippen molar-refractivity contribution in [2.24, 2.45) is 0 Å². The Kier molecular flexibility index (Phi) is 5.53. The van der Waals surface area contributed by atoms with Gasteiger partial charge in [0.25, 0.3) is 5.91 Å². The van der Waals surface area contributed by atoms with Crippen LogP contribution in [-0.4, -0.2) is 56.9 Å². The van der Waals surface area contributed by atoms with Crippen LogP contribution < -0.4 is 4.90 Å². The van der Waals surface area contributed by atoms with Gasteiger partial charge in [-0.15, -0.1) is 5.10 Å². The minimum absolute atomic E-state index is 0.101. The quantitative estimate of drug-likeness (QED) is 0.716. The van der Waals surface area contributed by atoms with Crippen LogP contribution in [0.2, 0.25) is 0 Å². The van der Waals surface area contributed by atoms with Crippen molar-refractivity contribution in [1.29, 1.82) is 0 Å². The zero-order chi connectivity index (χ0) is 20.2. The Morgan fingerprint density at radius 1 is 1.03 bits per heavy atom. The fourth-order valence-corrected chi connectivity index (χ4v) is 3.44. The van der Waals surface area contributed by atoms with Crippen molar-refractivity contribution in [3.05, 3.63) is 78.1 Å². The number of carbonyl (C=O) groups is 1. The predicted octanol–water partition coefficient (Wildman–Crippen LogP) is 2.11. The molecule has 2 heterocycles. The Hall–Kier alpha value is -3.26. The molecule has 0 unspecified atom stereocenters. The van der Waals surface area contributed by atoms with Gasteiger partial charge in [-0.3, -0.25) is 4.79 Å². The van der Waals surface area contributed by atoms with Gasteiger partial charge in [-0.1, -0.05) is 42.5 Å². The van der Waals surface area contributed by atoms with Crippen LogP contribution in [0.15, 0.2) is 60.9 Å². The van der Waals surface area contributed by atoms with Gasteiger partial charge in [-0.2, -0.15) is 0 Å². The predicted molar refractivity (Wildman–Crippen MR) is 106 cm³/mol. The maximum atomic E-state index is 14.0. The molecule has 0 saturated carbocycles. The number of halogens is 1. The molecule has 0 spiro atoms. The maximum Gasteiger partial charge on any atom is 0.293 e. The van der Waals surface area contributed by atoms with E-state index >= 15 is 0 Å². The Morgan fingerprint density at radius 2 is 1.72 bits per heavy atom. The molecule has 2 aromatic carbocycles. The molecule has 4 rings (SSSR count). The number of aliphatic hydroxyl groups excluding tert-OH is 1. The van der Waals surface area contributed by atoms with Gasteiger partial charge in [-0.25, -0.2) is 14.1 Å². The average Bonchev–Trinajstić information content (AvgIpc) is 3.23. The van der Waals surface area contributed by atoms with Crippen molar-refractivity contribution in [3.8, 4) is 0 Å². The summed E-state index contributed by atoms with van der Waals surface area (Å²) in [6.07, 6.45) is 0.722. The number of piperazine rings is 1. The molecule has 1 aromatic heterocycles. The molecule has 1 aliphatic heterocycles. The number of aliphatic hydroxyl groups is 1. The lowest BCUT2D eigenvalue weighted by atomic mass is 10.1. The first-order valence-electron chi connectivity index (χ1n) is 9.53. The van der Waals surface area contributed by atoms with Crippen LogP contribution >= 0.6 is 0 Å². The zero-order valence-electron chi connectivity index (χ0n) is 15.9. The number of amides is 1. The topological polar surface area (TPSA) is 74.5 Å². The molecule has 1 atom stereocenters. The Bertz CT molecular complexity index is 970. The summed E-state index contributed by atoms with van der Waals surface area (Å²) in [5.74, 6) is -0.416. The van der Waals surface area contributed by atoms with Crippen LogP contribution in [0.4, 0.5) is 10.1 Å². The van der Waals surface area contributed by atoms with E-state index in [2.05, 4.69) is 10.1 Å². The molecule has 1 N–H and O–H groups in total. The molecule has 7 nitrogen and oxygen atoms in total. The van der Waals surface area contributed by atoms with Crippen molar-refractivity contribution in [2.75, 3.05) is 31.1 Å². The summed E-state index contributed by atoms with van der Waals surface area (Å²) in [6, 6.07) is 15.9. The normalized spacial score (nSPS) is 15.4. The molecule has 0 bridgehead atoms. The van der Waals surface area contributed by atoms with Gasteiger partial charge in [0.1, 0.15) is 12.1 Å². The third-order valence-corrected chi connectivity index (χ3v) is 5.03. The van der Waals surface area contributed by atoms with Gasteiger partial charge >= 0.3 is 0 Å². The molecule has 150 valence electrons. The Labute approximate surface area is 168 Å². The van der Waals surface area contributed by atoms with Gasteiger partial charge in [0.05, 0.1) is 18.3 Å². The third-order valence-electron chi connectivity index (χ3n) is 5.03. The molecule has 1 fully saturated rings. The van der Waals surface area contributed by atoms with E-state index < -0.39 is 6.10 Å². The Morgan fingerprint density at radius 3 is 2.45 bits per heavy atom. The lowest BCUT2D eigenvalue weighted by Gasteiger charge is -2.35. The van der Waals surface area contributed by atoms with Crippen molar-refractivity contribution < 1.29 is 14.3 Å². The van der Waals surface area contributed by atoms with Crippen molar-refractivity contribution in [1.82, 2.24) is 19.7 Å². The molecule has 29 heavy (non-hydrogen) atoms. The van der Waals surface area contributed by atoms with Crippen molar-refractivity contribution in [3.63, 3.8) is 0 Å². The largest absolute Gasteiger partial charge is 0.386 e. The van der Waals surface area contributed by atoms with E-state index in [1.165, 1.54) is 17.1 Å². The number of anilines is 1. The smallest absolute Gasteiger partial charge is 0.293 e. The summed E-state index contributed by atoms with van der Waals surface area (Å²) in [6.45, 7) is 2.23. The van der Waals surface area contributed by atoms with Crippen LogP contribution in [0.3, 0.4) is 0 Å². The summed E-state index contributed by atoms with van der Waals surface area (Å²) < 4.78 is 15.4. The molecule has 0 aliphatic carbocycles. The Balaban J connectivity index is 1.35. The number of para-hydroxylation sites is 1. The minimum atomic E-state index is -0.731. The van der Waals surface area contributed by atoms with Crippen LogP contribution in [0.25, 0.3) is 0 Å². The first-order valence-corrected chi connectivity index (χ1v) is 9.53. The average molecular weight is 395 g/mol. The van der Waals surface area contributed by atoms with Crippen LogP contribution in [0.1, 0.15) is 22.3 Å². The molecule has 3 aromatic rings. The standard InChI is InChI=1S/C21H22FN5O2/c22-17-8-4-5-9-18(17)25-10-12-26(13-11-25)21(29)20-23-15-27(24-20)14-19(28)16-6-2-1-3-7-16/h1-9,15,19,28H,10-14H2/t19-/m0/s1. The van der Waals surface area contributed by atoms with Crippen LogP contribution in [0.5, 0.6) is 0 Å².